The van der Waals surface area contributed by atoms with Gasteiger partial charge in [-0.1, -0.05) is 44.4 Å². The molecule has 0 N–H and O–H groups in total. The third-order valence-electron chi connectivity index (χ3n) is 0.644. The van der Waals surface area contributed by atoms with E-state index >= 15 is 0 Å². The molecule has 10 heavy (non-hydrogen) atoms. The molecule has 0 atom stereocenters. The van der Waals surface area contributed by atoms with Crippen LogP contribution in [0, 0.1) is 0 Å². The van der Waals surface area contributed by atoms with Crippen molar-refractivity contribution in [3.63, 3.8) is 0 Å². The van der Waals surface area contributed by atoms with Crippen LogP contribution in [0.4, 0.5) is 4.48 Å². The van der Waals surface area contributed by atoms with E-state index in [9.17, 15) is 4.48 Å². The third kappa shape index (κ3) is 1.68. The Balaban J connectivity index is 2.96. The first kappa shape index (κ1) is 7.97. The van der Waals surface area contributed by atoms with Crippen molar-refractivity contribution in [3.8, 4) is 0 Å². The Bertz CT molecular complexity index is 229. The molecule has 56 valence electrons. The zero-order valence-electron chi connectivity index (χ0n) is 4.30. The number of nitrogens with zero attached hydrogens (tertiary/aromatic N) is 4. The van der Waals surface area contributed by atoms with Crippen LogP contribution in [-0.4, -0.2) is 20.4 Å². The number of halogens is 4. The molecule has 8 heteroatoms. The van der Waals surface area contributed by atoms with Crippen LogP contribution in [0.3, 0.4) is 0 Å². The molecular weight excluding hydrogens is 205 g/mol. The van der Waals surface area contributed by atoms with Gasteiger partial charge in [-0.3, -0.25) is 0 Å². The highest BCUT2D eigenvalue weighted by Crippen LogP contribution is 2.34. The fraction of sp³-hybridized carbons (Fsp3) is 0.500. The molecule has 0 amide bonds. The predicted octanol–water partition coefficient (Wildman–Crippen LogP) is 1.23. The lowest BCUT2D eigenvalue weighted by molar-refractivity contribution is 0.257. The molecule has 0 spiro atoms. The fourth-order valence-corrected chi connectivity index (χ4v) is 0.538. The standard InChI is InChI=1S/C2Cl3FN4/c3-2(4,5)1-7-9-10(6)8-1. The Hall–Kier alpha value is -0.130. The molecule has 0 saturated heterocycles. The van der Waals surface area contributed by atoms with E-state index in [2.05, 4.69) is 15.4 Å². The highest BCUT2D eigenvalue weighted by atomic mass is 35.6. The molecular formula is C2Cl3FN4. The average Bonchev–Trinajstić information content (AvgIpc) is 2.11. The van der Waals surface area contributed by atoms with Gasteiger partial charge in [0, 0.05) is 5.02 Å². The zero-order valence-corrected chi connectivity index (χ0v) is 6.57. The Morgan fingerprint density at radius 2 is 2.00 bits per heavy atom. The second-order valence-electron chi connectivity index (χ2n) is 1.35. The number of hydrogen-bond donors (Lipinski definition) is 0. The summed E-state index contributed by atoms with van der Waals surface area (Å²) in [6, 6.07) is 0. The summed E-state index contributed by atoms with van der Waals surface area (Å²) in [5, 5.41) is 8.67. The smallest absolute Gasteiger partial charge is 0.106 e. The van der Waals surface area contributed by atoms with Crippen LogP contribution in [0.2, 0.25) is 0 Å². The Kier molecular flexibility index (Phi) is 1.98. The molecule has 0 aromatic carbocycles. The molecule has 1 rings (SSSR count). The van der Waals surface area contributed by atoms with Crippen LogP contribution in [0.1, 0.15) is 5.82 Å². The molecule has 1 aromatic heterocycles. The van der Waals surface area contributed by atoms with Crippen molar-refractivity contribution >= 4 is 34.8 Å². The van der Waals surface area contributed by atoms with Crippen molar-refractivity contribution in [1.82, 2.24) is 20.4 Å². The second-order valence-corrected chi connectivity index (χ2v) is 3.63. The quantitative estimate of drug-likeness (QED) is 0.598. The summed E-state index contributed by atoms with van der Waals surface area (Å²) < 4.78 is 10.1. The molecule has 0 bridgehead atoms. The van der Waals surface area contributed by atoms with Crippen molar-refractivity contribution in [1.29, 1.82) is 0 Å². The molecule has 1 heterocycles. The van der Waals surface area contributed by atoms with Gasteiger partial charge in [0.1, 0.15) is 0 Å². The number of aromatic nitrogens is 4. The highest BCUT2D eigenvalue weighted by molar-refractivity contribution is 6.66. The van der Waals surface area contributed by atoms with Crippen LogP contribution < -0.4 is 0 Å². The van der Waals surface area contributed by atoms with E-state index in [1.165, 1.54) is 0 Å². The largest absolute Gasteiger partial charge is 0.254 e. The second kappa shape index (κ2) is 2.48. The van der Waals surface area contributed by atoms with E-state index < -0.39 is 3.79 Å². The van der Waals surface area contributed by atoms with Crippen molar-refractivity contribution in [3.05, 3.63) is 5.82 Å². The normalized spacial score (nSPS) is 12.0. The van der Waals surface area contributed by atoms with Gasteiger partial charge in [0.25, 0.3) is 3.79 Å². The summed E-state index contributed by atoms with van der Waals surface area (Å²) in [5.41, 5.74) is 0. The van der Waals surface area contributed by atoms with Crippen LogP contribution >= 0.6 is 34.8 Å². The van der Waals surface area contributed by atoms with Gasteiger partial charge in [0.05, 0.1) is 0 Å². The van der Waals surface area contributed by atoms with E-state index in [0.29, 0.717) is 0 Å². The van der Waals surface area contributed by atoms with Crippen LogP contribution in [0.15, 0.2) is 0 Å². The summed E-state index contributed by atoms with van der Waals surface area (Å²) in [6.45, 7) is 0. The van der Waals surface area contributed by atoms with Crippen LogP contribution in [0.25, 0.3) is 0 Å². The van der Waals surface area contributed by atoms with Gasteiger partial charge in [0.2, 0.25) is 5.82 Å². The van der Waals surface area contributed by atoms with Gasteiger partial charge < -0.3 is 0 Å². The minimum absolute atomic E-state index is 0.281. The highest BCUT2D eigenvalue weighted by Gasteiger charge is 2.28. The van der Waals surface area contributed by atoms with Gasteiger partial charge >= 0.3 is 0 Å². The molecule has 0 aliphatic heterocycles. The average molecular weight is 205 g/mol. The van der Waals surface area contributed by atoms with Crippen molar-refractivity contribution < 1.29 is 4.48 Å². The van der Waals surface area contributed by atoms with Gasteiger partial charge in [0.15, 0.2) is 0 Å². The van der Waals surface area contributed by atoms with Crippen LogP contribution in [0.5, 0.6) is 0 Å². The van der Waals surface area contributed by atoms with Gasteiger partial charge in [-0.25, -0.2) is 0 Å². The summed E-state index contributed by atoms with van der Waals surface area (Å²) in [5.74, 6) is -0.292. The van der Waals surface area contributed by atoms with E-state index in [-0.39, 0.29) is 10.8 Å². The summed E-state index contributed by atoms with van der Waals surface area (Å²) in [6.07, 6.45) is 0. The molecule has 4 nitrogen and oxygen atoms in total. The first-order valence-electron chi connectivity index (χ1n) is 2.03. The molecule has 0 saturated carbocycles. The Morgan fingerprint density at radius 3 is 2.20 bits per heavy atom. The number of rotatable bonds is 0. The molecule has 0 radical (unpaired) electrons. The molecule has 1 aromatic rings. The summed E-state index contributed by atoms with van der Waals surface area (Å²) in [4.78, 5) is 0. The van der Waals surface area contributed by atoms with Crippen molar-refractivity contribution in [2.45, 2.75) is 3.79 Å². The monoisotopic (exact) mass is 204 g/mol. The third-order valence-corrected chi connectivity index (χ3v) is 1.15. The first-order valence-corrected chi connectivity index (χ1v) is 3.17. The van der Waals surface area contributed by atoms with Crippen LogP contribution in [-0.2, 0) is 3.79 Å². The zero-order chi connectivity index (χ0) is 7.78. The van der Waals surface area contributed by atoms with Gasteiger partial charge in [-0.15, -0.1) is 5.10 Å². The van der Waals surface area contributed by atoms with Gasteiger partial charge in [-0.05, 0) is 5.21 Å². The minimum Gasteiger partial charge on any atom is -0.106 e. The van der Waals surface area contributed by atoms with Crippen molar-refractivity contribution in [2.75, 3.05) is 0 Å². The molecule has 0 unspecified atom stereocenters. The Labute approximate surface area is 69.8 Å². The van der Waals surface area contributed by atoms with E-state index in [4.69, 9.17) is 34.8 Å². The lowest BCUT2D eigenvalue weighted by Crippen LogP contribution is -2.03. The summed E-state index contributed by atoms with van der Waals surface area (Å²) >= 11 is 15.8. The van der Waals surface area contributed by atoms with Gasteiger partial charge in [-0.2, -0.15) is 0 Å². The first-order chi connectivity index (χ1) is 4.50. The lowest BCUT2D eigenvalue weighted by atomic mass is 10.7. The van der Waals surface area contributed by atoms with E-state index in [0.717, 1.165) is 0 Å². The SMILES string of the molecule is Fn1nnc(C(Cl)(Cl)Cl)n1. The number of tetrazole rings is 1. The molecule has 0 aliphatic rings. The maximum Gasteiger partial charge on any atom is 0.254 e. The topological polar surface area (TPSA) is 43.6 Å². The molecule has 0 aliphatic carbocycles. The Morgan fingerprint density at radius 1 is 1.40 bits per heavy atom. The van der Waals surface area contributed by atoms with Crippen molar-refractivity contribution in [2.24, 2.45) is 0 Å². The molecule has 0 fully saturated rings. The minimum atomic E-state index is -1.82. The summed E-state index contributed by atoms with van der Waals surface area (Å²) in [7, 11) is 0. The number of hydrogen-bond acceptors (Lipinski definition) is 3. The van der Waals surface area contributed by atoms with E-state index in [1.807, 2.05) is 0 Å². The maximum atomic E-state index is 11.9. The van der Waals surface area contributed by atoms with E-state index in [1.54, 1.807) is 0 Å². The lowest BCUT2D eigenvalue weighted by Gasteiger charge is -2.00. The maximum absolute atomic E-state index is 11.9. The fourth-order valence-electron chi connectivity index (χ4n) is 0.311. The predicted molar refractivity (Wildman–Crippen MR) is 33.6 cm³/mol. The number of alkyl halides is 3.